The number of anilines is 1. The standard InChI is InChI=1S/C23H28N2O4/c1-4-22-10-7-11-25-13-18(29-14(2)26)23(21(22)25)16-8-5-6-9-17(16)24-19(23)15(12-22)20(27)28-3/h5-6,8-9,18,21,24H,4,7,10-13H2,1-3H3/t18-,21-,22-,23+/m0/s1. The lowest BCUT2D eigenvalue weighted by Crippen LogP contribution is -2.61. The third kappa shape index (κ3) is 2.26. The molecule has 4 aliphatic rings. The van der Waals surface area contributed by atoms with Gasteiger partial charge in [-0.2, -0.15) is 0 Å². The number of esters is 2. The van der Waals surface area contributed by atoms with E-state index in [0.29, 0.717) is 18.5 Å². The Bertz CT molecular complexity index is 925. The maximum absolute atomic E-state index is 13.0. The summed E-state index contributed by atoms with van der Waals surface area (Å²) in [6.45, 7) is 5.39. The summed E-state index contributed by atoms with van der Waals surface area (Å²) in [7, 11) is 1.45. The average molecular weight is 396 g/mol. The molecule has 29 heavy (non-hydrogen) atoms. The molecule has 0 saturated carbocycles. The topological polar surface area (TPSA) is 67.9 Å². The maximum Gasteiger partial charge on any atom is 0.335 e. The Balaban J connectivity index is 1.84. The van der Waals surface area contributed by atoms with Gasteiger partial charge in [-0.1, -0.05) is 25.1 Å². The summed E-state index contributed by atoms with van der Waals surface area (Å²) >= 11 is 0. The summed E-state index contributed by atoms with van der Waals surface area (Å²) in [4.78, 5) is 27.6. The minimum absolute atomic E-state index is 0.0424. The molecule has 1 N–H and O–H groups in total. The first kappa shape index (κ1) is 18.7. The number of fused-ring (bicyclic) bond motifs is 1. The molecule has 6 heteroatoms. The van der Waals surface area contributed by atoms with Crippen LogP contribution >= 0.6 is 0 Å². The highest BCUT2D eigenvalue weighted by Crippen LogP contribution is 2.65. The second-order valence-corrected chi connectivity index (χ2v) is 8.88. The summed E-state index contributed by atoms with van der Waals surface area (Å²) in [5.41, 5.74) is 3.13. The molecule has 2 saturated heterocycles. The Morgan fingerprint density at radius 2 is 2.10 bits per heavy atom. The van der Waals surface area contributed by atoms with E-state index in [2.05, 4.69) is 23.2 Å². The summed E-state index contributed by atoms with van der Waals surface area (Å²) in [6.07, 6.45) is 3.49. The Morgan fingerprint density at radius 3 is 2.83 bits per heavy atom. The van der Waals surface area contributed by atoms with E-state index in [9.17, 15) is 9.59 Å². The van der Waals surface area contributed by atoms with E-state index >= 15 is 0 Å². The molecule has 1 aromatic rings. The Morgan fingerprint density at radius 1 is 1.31 bits per heavy atom. The van der Waals surface area contributed by atoms with E-state index in [0.717, 1.165) is 42.8 Å². The van der Waals surface area contributed by atoms with Crippen LogP contribution in [0.3, 0.4) is 0 Å². The SMILES string of the molecule is CC[C@]12CCCN3C[C@H](OC(C)=O)[C@]4(C(=C(C(=O)OC)C1)Nc1ccccc14)[C@@H]32. The molecule has 3 aliphatic heterocycles. The molecule has 0 bridgehead atoms. The zero-order valence-electron chi connectivity index (χ0n) is 17.3. The predicted molar refractivity (Wildman–Crippen MR) is 108 cm³/mol. The summed E-state index contributed by atoms with van der Waals surface area (Å²) < 4.78 is 11.2. The fourth-order valence-corrected chi connectivity index (χ4v) is 6.81. The van der Waals surface area contributed by atoms with Crippen LogP contribution < -0.4 is 5.32 Å². The lowest BCUT2D eigenvalue weighted by Gasteiger charge is -2.56. The van der Waals surface area contributed by atoms with Gasteiger partial charge in [0, 0.05) is 30.9 Å². The van der Waals surface area contributed by atoms with Crippen LogP contribution in [0, 0.1) is 5.41 Å². The van der Waals surface area contributed by atoms with Gasteiger partial charge in [0.15, 0.2) is 0 Å². The van der Waals surface area contributed by atoms with Crippen molar-refractivity contribution < 1.29 is 19.1 Å². The number of benzene rings is 1. The van der Waals surface area contributed by atoms with E-state index in [4.69, 9.17) is 9.47 Å². The number of ether oxygens (including phenoxy) is 2. The smallest absolute Gasteiger partial charge is 0.335 e. The molecular formula is C23H28N2O4. The number of carbonyl (C=O) groups excluding carboxylic acids is 2. The largest absolute Gasteiger partial charge is 0.466 e. The number of para-hydroxylation sites is 1. The monoisotopic (exact) mass is 396 g/mol. The van der Waals surface area contributed by atoms with Crippen LogP contribution in [0.15, 0.2) is 35.5 Å². The number of carbonyl (C=O) groups is 2. The van der Waals surface area contributed by atoms with Crippen molar-refractivity contribution in [2.75, 3.05) is 25.5 Å². The lowest BCUT2D eigenvalue weighted by molar-refractivity contribution is -0.148. The lowest BCUT2D eigenvalue weighted by atomic mass is 9.53. The van der Waals surface area contributed by atoms with Gasteiger partial charge in [0.05, 0.1) is 18.1 Å². The Kier molecular flexibility index (Phi) is 4.07. The van der Waals surface area contributed by atoms with Crippen LogP contribution in [0.25, 0.3) is 0 Å². The molecule has 6 nitrogen and oxygen atoms in total. The van der Waals surface area contributed by atoms with Gasteiger partial charge in [-0.05, 0) is 49.3 Å². The highest BCUT2D eigenvalue weighted by molar-refractivity contribution is 5.93. The normalized spacial score (nSPS) is 34.7. The summed E-state index contributed by atoms with van der Waals surface area (Å²) in [5, 5.41) is 3.56. The highest BCUT2D eigenvalue weighted by atomic mass is 16.5. The zero-order chi connectivity index (χ0) is 20.4. The van der Waals surface area contributed by atoms with Crippen LogP contribution in [0.4, 0.5) is 5.69 Å². The summed E-state index contributed by atoms with van der Waals surface area (Å²) in [5.74, 6) is -0.559. The van der Waals surface area contributed by atoms with Gasteiger partial charge in [0.25, 0.3) is 0 Å². The van der Waals surface area contributed by atoms with E-state index in [1.165, 1.54) is 14.0 Å². The van der Waals surface area contributed by atoms with Crippen LogP contribution in [0.1, 0.15) is 45.1 Å². The summed E-state index contributed by atoms with van der Waals surface area (Å²) in [6, 6.07) is 8.41. The molecule has 3 heterocycles. The van der Waals surface area contributed by atoms with Crippen LogP contribution in [-0.4, -0.2) is 49.2 Å². The molecule has 2 fully saturated rings. The van der Waals surface area contributed by atoms with Crippen molar-refractivity contribution in [2.24, 2.45) is 5.41 Å². The predicted octanol–water partition coefficient (Wildman–Crippen LogP) is 2.99. The molecule has 0 aromatic heterocycles. The number of piperidine rings is 1. The van der Waals surface area contributed by atoms with Crippen LogP contribution in [0.2, 0.25) is 0 Å². The molecule has 1 aliphatic carbocycles. The van der Waals surface area contributed by atoms with Crippen LogP contribution in [0.5, 0.6) is 0 Å². The van der Waals surface area contributed by atoms with Crippen LogP contribution in [-0.2, 0) is 24.5 Å². The van der Waals surface area contributed by atoms with E-state index in [1.807, 2.05) is 18.2 Å². The van der Waals surface area contributed by atoms with Gasteiger partial charge >= 0.3 is 11.9 Å². The average Bonchev–Trinajstić information content (AvgIpc) is 3.24. The molecule has 0 amide bonds. The second kappa shape index (κ2) is 6.33. The number of nitrogens with one attached hydrogen (secondary N) is 1. The Labute approximate surface area is 171 Å². The number of hydrogen-bond acceptors (Lipinski definition) is 6. The minimum atomic E-state index is -0.555. The van der Waals surface area contributed by atoms with Gasteiger partial charge in [-0.15, -0.1) is 0 Å². The van der Waals surface area contributed by atoms with Gasteiger partial charge in [0.2, 0.25) is 0 Å². The van der Waals surface area contributed by atoms with E-state index in [1.54, 1.807) is 0 Å². The number of rotatable bonds is 3. The third-order valence-corrected chi connectivity index (χ3v) is 7.73. The molecular weight excluding hydrogens is 368 g/mol. The van der Waals surface area contributed by atoms with E-state index < -0.39 is 5.41 Å². The number of nitrogens with zero attached hydrogens (tertiary/aromatic N) is 1. The molecule has 4 atom stereocenters. The maximum atomic E-state index is 13.0. The zero-order valence-corrected chi connectivity index (χ0v) is 17.3. The molecule has 5 rings (SSSR count). The first-order chi connectivity index (χ1) is 14.0. The molecule has 1 spiro atoms. The molecule has 0 radical (unpaired) electrons. The molecule has 1 aromatic carbocycles. The van der Waals surface area contributed by atoms with Crippen molar-refractivity contribution in [3.8, 4) is 0 Å². The van der Waals surface area contributed by atoms with E-state index in [-0.39, 0.29) is 29.5 Å². The number of hydrogen-bond donors (Lipinski definition) is 1. The fraction of sp³-hybridized carbons (Fsp3) is 0.565. The highest BCUT2D eigenvalue weighted by Gasteiger charge is 2.71. The van der Waals surface area contributed by atoms with Crippen molar-refractivity contribution in [1.29, 1.82) is 0 Å². The van der Waals surface area contributed by atoms with Crippen molar-refractivity contribution in [2.45, 2.75) is 57.1 Å². The molecule has 154 valence electrons. The fourth-order valence-electron chi connectivity index (χ4n) is 6.81. The second-order valence-electron chi connectivity index (χ2n) is 8.88. The quantitative estimate of drug-likeness (QED) is 0.793. The van der Waals surface area contributed by atoms with Gasteiger partial charge in [-0.3, -0.25) is 9.69 Å². The third-order valence-electron chi connectivity index (χ3n) is 7.73. The van der Waals surface area contributed by atoms with Gasteiger partial charge < -0.3 is 14.8 Å². The molecule has 0 unspecified atom stereocenters. The van der Waals surface area contributed by atoms with Crippen molar-refractivity contribution in [3.63, 3.8) is 0 Å². The van der Waals surface area contributed by atoms with Crippen molar-refractivity contribution >= 4 is 17.6 Å². The van der Waals surface area contributed by atoms with Gasteiger partial charge in [-0.25, -0.2) is 4.79 Å². The van der Waals surface area contributed by atoms with Gasteiger partial charge in [0.1, 0.15) is 6.10 Å². The van der Waals surface area contributed by atoms with Crippen molar-refractivity contribution in [3.05, 3.63) is 41.1 Å². The first-order valence-electron chi connectivity index (χ1n) is 10.6. The van der Waals surface area contributed by atoms with Crippen molar-refractivity contribution in [1.82, 2.24) is 4.90 Å². The first-order valence-corrected chi connectivity index (χ1v) is 10.6. The number of methoxy groups -OCH3 is 1. The minimum Gasteiger partial charge on any atom is -0.466 e. The Hall–Kier alpha value is -2.34.